The average Bonchev–Trinajstić information content (AvgIpc) is 2.95. The van der Waals surface area contributed by atoms with Crippen LogP contribution in [0.5, 0.6) is 11.5 Å². The fourth-order valence-electron chi connectivity index (χ4n) is 1.92. The van der Waals surface area contributed by atoms with E-state index in [9.17, 15) is 10.1 Å². The van der Waals surface area contributed by atoms with Gasteiger partial charge in [0, 0.05) is 23.1 Å². The van der Waals surface area contributed by atoms with Gasteiger partial charge in [0.15, 0.2) is 0 Å². The van der Waals surface area contributed by atoms with E-state index in [1.165, 1.54) is 29.7 Å². The number of benzene rings is 1. The van der Waals surface area contributed by atoms with Crippen LogP contribution < -0.4 is 14.9 Å². The maximum absolute atomic E-state index is 11.2. The fourth-order valence-corrected chi connectivity index (χ4v) is 2.56. The van der Waals surface area contributed by atoms with Gasteiger partial charge in [0.2, 0.25) is 10.9 Å². The van der Waals surface area contributed by atoms with Gasteiger partial charge in [-0.05, 0) is 20.8 Å². The van der Waals surface area contributed by atoms with E-state index in [0.717, 1.165) is 5.69 Å². The van der Waals surface area contributed by atoms with E-state index in [4.69, 9.17) is 9.47 Å². The van der Waals surface area contributed by atoms with Crippen molar-refractivity contribution in [3.8, 4) is 11.5 Å². The molecule has 0 saturated carbocycles. The summed E-state index contributed by atoms with van der Waals surface area (Å²) in [4.78, 5) is 15.0. The summed E-state index contributed by atoms with van der Waals surface area (Å²) in [7, 11) is 0. The highest BCUT2D eigenvalue weighted by Gasteiger charge is 2.19. The second-order valence-corrected chi connectivity index (χ2v) is 5.50. The quantitative estimate of drug-likeness (QED) is 0.444. The lowest BCUT2D eigenvalue weighted by Gasteiger charge is -2.10. The van der Waals surface area contributed by atoms with Gasteiger partial charge in [0.25, 0.3) is 0 Å². The first-order valence-electron chi connectivity index (χ1n) is 7.34. The summed E-state index contributed by atoms with van der Waals surface area (Å²) in [5.41, 5.74) is 4.03. The molecule has 0 aliphatic carbocycles. The number of anilines is 1. The molecule has 128 valence electrons. The van der Waals surface area contributed by atoms with E-state index < -0.39 is 4.92 Å². The van der Waals surface area contributed by atoms with Crippen LogP contribution in [0, 0.1) is 17.0 Å². The van der Waals surface area contributed by atoms with Gasteiger partial charge in [-0.2, -0.15) is 5.10 Å². The third-order valence-electron chi connectivity index (χ3n) is 2.87. The number of nitrogens with one attached hydrogen (secondary N) is 1. The molecule has 0 unspecified atom stereocenters. The molecule has 0 atom stereocenters. The van der Waals surface area contributed by atoms with Crippen LogP contribution in [-0.4, -0.2) is 29.3 Å². The molecule has 1 N–H and O–H groups in total. The van der Waals surface area contributed by atoms with Crippen molar-refractivity contribution in [1.29, 1.82) is 0 Å². The summed E-state index contributed by atoms with van der Waals surface area (Å²) in [6, 6.07) is 2.90. The Morgan fingerprint density at radius 3 is 2.62 bits per heavy atom. The van der Waals surface area contributed by atoms with Crippen LogP contribution in [0.1, 0.15) is 25.1 Å². The van der Waals surface area contributed by atoms with Gasteiger partial charge in [-0.3, -0.25) is 15.5 Å². The Bertz CT molecular complexity index is 745. The molecule has 0 amide bonds. The molecule has 1 heterocycles. The number of nitro groups is 1. The molecule has 0 radical (unpaired) electrons. The number of aromatic nitrogens is 1. The zero-order valence-electron chi connectivity index (χ0n) is 13.6. The van der Waals surface area contributed by atoms with Crippen molar-refractivity contribution in [2.75, 3.05) is 18.6 Å². The highest BCUT2D eigenvalue weighted by Crippen LogP contribution is 2.34. The van der Waals surface area contributed by atoms with Crippen LogP contribution in [-0.2, 0) is 0 Å². The molecule has 0 aliphatic rings. The highest BCUT2D eigenvalue weighted by atomic mass is 32.1. The maximum Gasteiger partial charge on any atom is 0.311 e. The number of hydrazone groups is 1. The van der Waals surface area contributed by atoms with Gasteiger partial charge in [0.1, 0.15) is 5.75 Å². The van der Waals surface area contributed by atoms with Crippen LogP contribution in [0.3, 0.4) is 0 Å². The summed E-state index contributed by atoms with van der Waals surface area (Å²) in [6.45, 7) is 6.22. The number of rotatable bonds is 8. The molecule has 0 spiro atoms. The molecule has 0 aliphatic heterocycles. The van der Waals surface area contributed by atoms with Crippen molar-refractivity contribution >= 4 is 28.4 Å². The van der Waals surface area contributed by atoms with Gasteiger partial charge < -0.3 is 9.47 Å². The average molecular weight is 350 g/mol. The van der Waals surface area contributed by atoms with Gasteiger partial charge >= 0.3 is 5.69 Å². The second kappa shape index (κ2) is 8.25. The number of nitro benzene ring substituents is 1. The Kier molecular flexibility index (Phi) is 6.07. The Morgan fingerprint density at radius 2 is 2.04 bits per heavy atom. The Labute approximate surface area is 143 Å². The van der Waals surface area contributed by atoms with Crippen molar-refractivity contribution in [2.24, 2.45) is 5.10 Å². The standard InChI is InChI=1S/C15H18N4O4S/c1-4-22-13-7-14(23-5-2)12(19(20)21)6-11(13)8-16-18-15-17-10(3)9-24-15/h6-9H,4-5H2,1-3H3,(H,17,18)/b16-8-. The van der Waals surface area contributed by atoms with E-state index >= 15 is 0 Å². The molecule has 0 fully saturated rings. The number of ether oxygens (including phenoxy) is 2. The third-order valence-corrected chi connectivity index (χ3v) is 3.74. The summed E-state index contributed by atoms with van der Waals surface area (Å²) >= 11 is 1.42. The normalized spacial score (nSPS) is 10.8. The summed E-state index contributed by atoms with van der Waals surface area (Å²) in [5, 5.41) is 17.8. The van der Waals surface area contributed by atoms with Crippen molar-refractivity contribution in [3.05, 3.63) is 38.9 Å². The van der Waals surface area contributed by atoms with Crippen LogP contribution in [0.25, 0.3) is 0 Å². The van der Waals surface area contributed by atoms with E-state index in [0.29, 0.717) is 29.7 Å². The van der Waals surface area contributed by atoms with Gasteiger partial charge in [0.05, 0.1) is 30.0 Å². The minimum Gasteiger partial charge on any atom is -0.493 e. The van der Waals surface area contributed by atoms with Crippen molar-refractivity contribution in [1.82, 2.24) is 4.98 Å². The number of aryl methyl sites for hydroxylation is 1. The molecule has 1 aromatic heterocycles. The first kappa shape index (κ1) is 17.7. The highest BCUT2D eigenvalue weighted by molar-refractivity contribution is 7.13. The fraction of sp³-hybridized carbons (Fsp3) is 0.333. The topological polar surface area (TPSA) is 98.9 Å². The molecule has 0 saturated heterocycles. The molecule has 24 heavy (non-hydrogen) atoms. The molecular formula is C15H18N4O4S. The summed E-state index contributed by atoms with van der Waals surface area (Å²) in [6.07, 6.45) is 1.46. The van der Waals surface area contributed by atoms with Gasteiger partial charge in [-0.15, -0.1) is 11.3 Å². The number of hydrogen-bond acceptors (Lipinski definition) is 8. The molecule has 0 bridgehead atoms. The van der Waals surface area contributed by atoms with E-state index in [-0.39, 0.29) is 11.4 Å². The van der Waals surface area contributed by atoms with Gasteiger partial charge in [-0.25, -0.2) is 4.98 Å². The van der Waals surface area contributed by atoms with Crippen LogP contribution in [0.2, 0.25) is 0 Å². The first-order valence-corrected chi connectivity index (χ1v) is 8.22. The first-order chi connectivity index (χ1) is 11.5. The third kappa shape index (κ3) is 4.42. The molecule has 1 aromatic carbocycles. The van der Waals surface area contributed by atoms with Crippen LogP contribution in [0.4, 0.5) is 10.8 Å². The van der Waals surface area contributed by atoms with Crippen LogP contribution in [0.15, 0.2) is 22.6 Å². The van der Waals surface area contributed by atoms with Crippen molar-refractivity contribution < 1.29 is 14.4 Å². The van der Waals surface area contributed by atoms with Crippen molar-refractivity contribution in [3.63, 3.8) is 0 Å². The summed E-state index contributed by atoms with van der Waals surface area (Å²) in [5.74, 6) is 0.638. The predicted molar refractivity (Wildman–Crippen MR) is 93.5 cm³/mol. The van der Waals surface area contributed by atoms with Crippen molar-refractivity contribution in [2.45, 2.75) is 20.8 Å². The predicted octanol–water partition coefficient (Wildman–Crippen LogP) is 3.60. The molecule has 8 nitrogen and oxygen atoms in total. The molecule has 2 aromatic rings. The lowest BCUT2D eigenvalue weighted by Crippen LogP contribution is -2.03. The Balaban J connectivity index is 2.31. The molecule has 9 heteroatoms. The minimum atomic E-state index is -0.490. The smallest absolute Gasteiger partial charge is 0.311 e. The molecular weight excluding hydrogens is 332 g/mol. The number of hydrogen-bond donors (Lipinski definition) is 1. The lowest BCUT2D eigenvalue weighted by molar-refractivity contribution is -0.385. The monoisotopic (exact) mass is 350 g/mol. The van der Waals surface area contributed by atoms with E-state index in [1.807, 2.05) is 19.2 Å². The zero-order valence-corrected chi connectivity index (χ0v) is 14.4. The maximum atomic E-state index is 11.2. The van der Waals surface area contributed by atoms with E-state index in [2.05, 4.69) is 15.5 Å². The Hall–Kier alpha value is -2.68. The second-order valence-electron chi connectivity index (χ2n) is 4.64. The minimum absolute atomic E-state index is 0.133. The van der Waals surface area contributed by atoms with E-state index in [1.54, 1.807) is 6.92 Å². The lowest BCUT2D eigenvalue weighted by atomic mass is 10.1. The number of nitrogens with zero attached hydrogens (tertiary/aromatic N) is 3. The zero-order chi connectivity index (χ0) is 17.5. The molecule has 2 rings (SSSR count). The Morgan fingerprint density at radius 1 is 1.33 bits per heavy atom. The largest absolute Gasteiger partial charge is 0.493 e. The SMILES string of the molecule is CCOc1cc(OCC)c([N+](=O)[O-])cc1/C=N\Nc1nc(C)cs1. The van der Waals surface area contributed by atoms with Gasteiger partial charge in [-0.1, -0.05) is 0 Å². The summed E-state index contributed by atoms with van der Waals surface area (Å²) < 4.78 is 10.9. The van der Waals surface area contributed by atoms with Crippen LogP contribution >= 0.6 is 11.3 Å². The number of thiazole rings is 1.